The first-order valence-electron chi connectivity index (χ1n) is 15.3. The molecule has 1 fully saturated rings. The van der Waals surface area contributed by atoms with Crippen molar-refractivity contribution in [3.8, 4) is 11.5 Å². The van der Waals surface area contributed by atoms with E-state index in [4.69, 9.17) is 14.6 Å². The van der Waals surface area contributed by atoms with Gasteiger partial charge in [0.1, 0.15) is 33.5 Å². The maximum atomic E-state index is 14.2. The van der Waals surface area contributed by atoms with Gasteiger partial charge >= 0.3 is 0 Å². The number of thiol groups is 1. The summed E-state index contributed by atoms with van der Waals surface area (Å²) in [6.45, 7) is 10.7. The lowest BCUT2D eigenvalue weighted by Gasteiger charge is -2.36. The van der Waals surface area contributed by atoms with Crippen LogP contribution in [0.1, 0.15) is 82.4 Å². The van der Waals surface area contributed by atoms with Gasteiger partial charge in [-0.05, 0) is 58.8 Å². The van der Waals surface area contributed by atoms with Gasteiger partial charge in [-0.15, -0.1) is 5.10 Å². The van der Waals surface area contributed by atoms with Crippen molar-refractivity contribution in [1.82, 2.24) is 19.2 Å². The maximum absolute atomic E-state index is 14.2. The Morgan fingerprint density at radius 3 is 2.50 bits per heavy atom. The Bertz CT molecular complexity index is 1590. The molecule has 1 aromatic carbocycles. The Balaban J connectivity index is 0.00000106. The minimum Gasteiger partial charge on any atom is -0.493 e. The second-order valence-electron chi connectivity index (χ2n) is 11.1. The molecule has 2 aliphatic heterocycles. The molecule has 1 saturated carbocycles. The van der Waals surface area contributed by atoms with Gasteiger partial charge in [0.15, 0.2) is 17.3 Å². The number of nitrogens with zero attached hydrogens (tertiary/aromatic N) is 5. The van der Waals surface area contributed by atoms with E-state index in [0.29, 0.717) is 60.1 Å². The maximum Gasteiger partial charge on any atom is 0.280 e. The zero-order valence-corrected chi connectivity index (χ0v) is 28.3. The molecule has 0 spiro atoms. The topological polar surface area (TPSA) is 98.9 Å². The molecular formula is C31H44FN5O5S2. The van der Waals surface area contributed by atoms with Crippen molar-refractivity contribution in [2.75, 3.05) is 36.6 Å². The fourth-order valence-corrected chi connectivity index (χ4v) is 7.26. The first-order valence-corrected chi connectivity index (χ1v) is 17.5. The van der Waals surface area contributed by atoms with Crippen LogP contribution in [0.5, 0.6) is 11.5 Å². The van der Waals surface area contributed by atoms with Gasteiger partial charge in [-0.1, -0.05) is 19.9 Å². The van der Waals surface area contributed by atoms with Gasteiger partial charge in [0, 0.05) is 42.1 Å². The number of hydrogen-bond acceptors (Lipinski definition) is 7. The van der Waals surface area contributed by atoms with Crippen molar-refractivity contribution >= 4 is 46.2 Å². The van der Waals surface area contributed by atoms with E-state index in [1.54, 1.807) is 17.2 Å². The molecular weight excluding hydrogens is 606 g/mol. The van der Waals surface area contributed by atoms with Gasteiger partial charge in [0.25, 0.3) is 11.5 Å². The zero-order chi connectivity index (χ0) is 32.3. The highest BCUT2D eigenvalue weighted by molar-refractivity contribution is 7.86. The summed E-state index contributed by atoms with van der Waals surface area (Å²) in [4.78, 5) is 29.8. The number of halogens is 1. The van der Waals surface area contributed by atoms with Gasteiger partial charge < -0.3 is 18.9 Å². The number of fused-ring (bicyclic) bond motifs is 7. The summed E-state index contributed by atoms with van der Waals surface area (Å²) in [6.07, 6.45) is 4.70. The first-order chi connectivity index (χ1) is 21.2. The van der Waals surface area contributed by atoms with Crippen LogP contribution in [0.15, 0.2) is 23.0 Å². The summed E-state index contributed by atoms with van der Waals surface area (Å²) in [5.41, 5.74) is 0.928. The predicted molar refractivity (Wildman–Crippen MR) is 176 cm³/mol. The lowest BCUT2D eigenvalue weighted by molar-refractivity contribution is 0.0615. The lowest BCUT2D eigenvalue weighted by atomic mass is 10.1. The third-order valence-electron chi connectivity index (χ3n) is 7.86. The standard InChI is InChI=1S/C28H34FN5O5S.C2H6.CH4S/c1-16(2)31-14-17(3)33-23-22(25(38-4)24(33)28(31)36)27(35)32-15-18-7-8-19(29)13-21(18)39-11-5-6-12-40(37)34(20-9-10-20)26(23)30-32;2*1-2/h7-8,13,16-17,20H,5-6,9-12,14-15H2,1-4H3;1-2H3;2H,1H3. The van der Waals surface area contributed by atoms with E-state index in [1.165, 1.54) is 23.9 Å². The van der Waals surface area contributed by atoms with Crippen LogP contribution in [-0.2, 0) is 17.5 Å². The van der Waals surface area contributed by atoms with Gasteiger partial charge in [-0.25, -0.2) is 13.3 Å². The number of carbonyl (C=O) groups is 1. The summed E-state index contributed by atoms with van der Waals surface area (Å²) in [5.74, 6) is 0.667. The fourth-order valence-electron chi connectivity index (χ4n) is 5.76. The van der Waals surface area contributed by atoms with Gasteiger partial charge in [-0.2, -0.15) is 12.6 Å². The first kappa shape index (κ1) is 33.8. The number of methoxy groups -OCH3 is 1. The molecule has 1 aliphatic carbocycles. The van der Waals surface area contributed by atoms with E-state index in [-0.39, 0.29) is 41.7 Å². The average Bonchev–Trinajstić information content (AvgIpc) is 3.78. The SMILES string of the molecule is CC.COc1c2n(c3c4nn(c(=O)c13)Cc1ccc(F)cc1OCCCCS(=O)N4C1CC1)C(C)CN(C(C)C)C2=O.CS. The van der Waals surface area contributed by atoms with Gasteiger partial charge in [0.05, 0.1) is 20.3 Å². The minimum atomic E-state index is -1.42. The van der Waals surface area contributed by atoms with E-state index in [0.717, 1.165) is 12.8 Å². The molecule has 2 aromatic heterocycles. The number of benzene rings is 1. The molecule has 2 unspecified atom stereocenters. The van der Waals surface area contributed by atoms with Crippen molar-refractivity contribution in [2.45, 2.75) is 85.0 Å². The molecule has 242 valence electrons. The molecule has 4 heterocycles. The van der Waals surface area contributed by atoms with E-state index < -0.39 is 22.4 Å². The van der Waals surface area contributed by atoms with Gasteiger partial charge in [-0.3, -0.25) is 13.9 Å². The smallest absolute Gasteiger partial charge is 0.280 e. The van der Waals surface area contributed by atoms with Crippen molar-refractivity contribution in [3.63, 3.8) is 0 Å². The number of carbonyl (C=O) groups excluding carboxylic acids is 1. The fraction of sp³-hybridized carbons (Fsp3) is 0.581. The number of amides is 1. The third kappa shape index (κ3) is 6.22. The number of hydrogen-bond donors (Lipinski definition) is 1. The summed E-state index contributed by atoms with van der Waals surface area (Å²) in [6, 6.07) is 4.03. The van der Waals surface area contributed by atoms with Crippen LogP contribution in [0.3, 0.4) is 0 Å². The number of ether oxygens (including phenoxy) is 2. The molecule has 44 heavy (non-hydrogen) atoms. The third-order valence-corrected chi connectivity index (χ3v) is 9.40. The van der Waals surface area contributed by atoms with Crippen LogP contribution < -0.4 is 19.3 Å². The van der Waals surface area contributed by atoms with Crippen LogP contribution in [0, 0.1) is 5.82 Å². The van der Waals surface area contributed by atoms with E-state index >= 15 is 0 Å². The van der Waals surface area contributed by atoms with Crippen molar-refractivity contribution in [1.29, 1.82) is 0 Å². The van der Waals surface area contributed by atoms with Crippen LogP contribution in [0.4, 0.5) is 10.2 Å². The molecule has 1 amide bonds. The summed E-state index contributed by atoms with van der Waals surface area (Å²) >= 11 is 3.53. The number of rotatable bonds is 3. The summed E-state index contributed by atoms with van der Waals surface area (Å²) < 4.78 is 44.7. The van der Waals surface area contributed by atoms with E-state index in [9.17, 15) is 18.2 Å². The largest absolute Gasteiger partial charge is 0.493 e. The number of aromatic nitrogens is 3. The van der Waals surface area contributed by atoms with Crippen LogP contribution in [0.25, 0.3) is 10.9 Å². The molecule has 0 radical (unpaired) electrons. The van der Waals surface area contributed by atoms with Crippen LogP contribution in [0.2, 0.25) is 0 Å². The normalized spacial score (nSPS) is 20.1. The second-order valence-corrected chi connectivity index (χ2v) is 12.5. The summed E-state index contributed by atoms with van der Waals surface area (Å²) in [5, 5.41) is 5.07. The average molecular weight is 650 g/mol. The van der Waals surface area contributed by atoms with Gasteiger partial charge in [0.2, 0.25) is 0 Å². The highest BCUT2D eigenvalue weighted by atomic mass is 32.2. The summed E-state index contributed by atoms with van der Waals surface area (Å²) in [7, 11) is 0.0316. The van der Waals surface area contributed by atoms with E-state index in [2.05, 4.69) is 12.6 Å². The molecule has 3 aromatic rings. The molecule has 2 atom stereocenters. The highest BCUT2D eigenvalue weighted by Crippen LogP contribution is 2.43. The number of anilines is 1. The molecule has 10 nitrogen and oxygen atoms in total. The highest BCUT2D eigenvalue weighted by Gasteiger charge is 2.42. The van der Waals surface area contributed by atoms with Crippen molar-refractivity contribution in [3.05, 3.63) is 45.6 Å². The Morgan fingerprint density at radius 2 is 1.86 bits per heavy atom. The quantitative estimate of drug-likeness (QED) is 0.392. The van der Waals surface area contributed by atoms with Crippen LogP contribution in [-0.4, -0.2) is 73.7 Å². The molecule has 6 rings (SSSR count). The lowest BCUT2D eigenvalue weighted by Crippen LogP contribution is -2.45. The Morgan fingerprint density at radius 1 is 1.16 bits per heavy atom. The molecule has 0 saturated heterocycles. The van der Waals surface area contributed by atoms with Crippen molar-refractivity contribution in [2.24, 2.45) is 0 Å². The Labute approximate surface area is 266 Å². The molecule has 0 N–H and O–H groups in total. The predicted octanol–water partition coefficient (Wildman–Crippen LogP) is 5.20. The van der Waals surface area contributed by atoms with Crippen LogP contribution >= 0.6 is 12.6 Å². The molecule has 2 bridgehead atoms. The van der Waals surface area contributed by atoms with Crippen molar-refractivity contribution < 1.29 is 22.9 Å². The minimum absolute atomic E-state index is 0.00775. The zero-order valence-electron chi connectivity index (χ0n) is 26.6. The monoisotopic (exact) mass is 649 g/mol. The second kappa shape index (κ2) is 14.4. The van der Waals surface area contributed by atoms with E-state index in [1.807, 2.05) is 43.5 Å². The Hall–Kier alpha value is -3.06. The molecule has 3 aliphatic rings. The molecule has 13 heteroatoms. The Kier molecular flexibility index (Phi) is 11.0.